The van der Waals surface area contributed by atoms with Crippen molar-refractivity contribution in [2.24, 2.45) is 4.99 Å². The van der Waals surface area contributed by atoms with Crippen LogP contribution >= 0.6 is 11.6 Å². The number of aliphatic imine (C=N–C) groups is 1. The minimum absolute atomic E-state index is 0.136. The first-order chi connectivity index (χ1) is 10.7. The predicted molar refractivity (Wildman–Crippen MR) is 88.2 cm³/mol. The summed E-state index contributed by atoms with van der Waals surface area (Å²) in [6.07, 6.45) is 11.0. The van der Waals surface area contributed by atoms with Gasteiger partial charge in [0.15, 0.2) is 5.84 Å². The first-order valence-corrected chi connectivity index (χ1v) is 8.97. The third-order valence-corrected chi connectivity index (χ3v) is 4.66. The van der Waals surface area contributed by atoms with Crippen molar-refractivity contribution in [1.29, 1.82) is 0 Å². The number of halogens is 1. The molecule has 0 saturated heterocycles. The highest BCUT2D eigenvalue weighted by molar-refractivity contribution is 6.42. The van der Waals surface area contributed by atoms with Crippen LogP contribution in [0.1, 0.15) is 64.2 Å². The van der Waals surface area contributed by atoms with E-state index in [1.165, 1.54) is 12.8 Å². The van der Waals surface area contributed by atoms with Gasteiger partial charge in [-0.3, -0.25) is 14.6 Å². The van der Waals surface area contributed by atoms with Gasteiger partial charge in [0.25, 0.3) is 5.91 Å². The number of amides is 2. The van der Waals surface area contributed by atoms with Crippen LogP contribution in [-0.2, 0) is 9.59 Å². The quantitative estimate of drug-likeness (QED) is 0.475. The van der Waals surface area contributed by atoms with Gasteiger partial charge in [0, 0.05) is 6.04 Å². The highest BCUT2D eigenvalue weighted by Gasteiger charge is 2.22. The van der Waals surface area contributed by atoms with Crippen molar-refractivity contribution in [2.45, 2.75) is 76.3 Å². The van der Waals surface area contributed by atoms with Gasteiger partial charge in [-0.05, 0) is 25.7 Å². The molecular weight excluding hydrogens is 302 g/mol. The minimum Gasteiger partial charge on any atom is -0.347 e. The largest absolute Gasteiger partial charge is 0.347 e. The molecule has 2 fully saturated rings. The number of carbonyl (C=O) groups excluding carboxylic acids is 2. The normalized spacial score (nSPS) is 21.4. The SMILES string of the molecule is O=C(CCl)NC(=NC1CCCCC1)C(=O)NC1CCCCC1. The number of nitrogens with zero attached hydrogens (tertiary/aromatic N) is 1. The smallest absolute Gasteiger partial charge is 0.287 e. The maximum Gasteiger partial charge on any atom is 0.287 e. The molecule has 0 bridgehead atoms. The zero-order valence-electron chi connectivity index (χ0n) is 13.1. The fourth-order valence-corrected chi connectivity index (χ4v) is 3.27. The number of nitrogens with one attached hydrogen (secondary N) is 2. The predicted octanol–water partition coefficient (Wildman–Crippen LogP) is 2.52. The molecule has 2 amide bonds. The molecule has 0 aromatic rings. The zero-order chi connectivity index (χ0) is 15.8. The van der Waals surface area contributed by atoms with Gasteiger partial charge < -0.3 is 10.6 Å². The van der Waals surface area contributed by atoms with E-state index in [1.54, 1.807) is 0 Å². The molecule has 0 aliphatic heterocycles. The Balaban J connectivity index is 1.99. The van der Waals surface area contributed by atoms with Gasteiger partial charge in [-0.15, -0.1) is 11.6 Å². The fraction of sp³-hybridized carbons (Fsp3) is 0.812. The van der Waals surface area contributed by atoms with E-state index in [-0.39, 0.29) is 35.6 Å². The van der Waals surface area contributed by atoms with Crippen molar-refractivity contribution in [1.82, 2.24) is 10.6 Å². The van der Waals surface area contributed by atoms with E-state index in [4.69, 9.17) is 11.6 Å². The second-order valence-corrected chi connectivity index (χ2v) is 6.53. The van der Waals surface area contributed by atoms with Crippen molar-refractivity contribution in [3.8, 4) is 0 Å². The molecule has 2 saturated carbocycles. The molecule has 0 radical (unpaired) electrons. The molecule has 5 nitrogen and oxygen atoms in total. The molecule has 0 spiro atoms. The summed E-state index contributed by atoms with van der Waals surface area (Å²) in [5.74, 6) is -0.672. The Kier molecular flexibility index (Phi) is 7.16. The summed E-state index contributed by atoms with van der Waals surface area (Å²) in [5.41, 5.74) is 0. The number of rotatable bonds is 3. The van der Waals surface area contributed by atoms with E-state index in [1.807, 2.05) is 0 Å². The van der Waals surface area contributed by atoms with E-state index in [0.717, 1.165) is 51.4 Å². The average molecular weight is 328 g/mol. The third-order valence-electron chi connectivity index (χ3n) is 4.42. The Bertz CT molecular complexity index is 414. The summed E-state index contributed by atoms with van der Waals surface area (Å²) in [6, 6.07) is 0.335. The van der Waals surface area contributed by atoms with Gasteiger partial charge in [-0.2, -0.15) is 0 Å². The Morgan fingerprint density at radius 1 is 0.955 bits per heavy atom. The molecule has 124 valence electrons. The maximum atomic E-state index is 12.4. The molecule has 0 heterocycles. The van der Waals surface area contributed by atoms with Gasteiger partial charge in [0.05, 0.1) is 6.04 Å². The van der Waals surface area contributed by atoms with E-state index < -0.39 is 0 Å². The standard InChI is InChI=1S/C16H26ClN3O2/c17-11-14(21)20-15(18-12-7-3-1-4-8-12)16(22)19-13-9-5-2-6-10-13/h12-13H,1-11H2,(H,19,22)(H,18,20,21). The molecule has 2 N–H and O–H groups in total. The van der Waals surface area contributed by atoms with Crippen LogP contribution in [0, 0.1) is 0 Å². The van der Waals surface area contributed by atoms with Crippen LogP contribution in [0.15, 0.2) is 4.99 Å². The lowest BCUT2D eigenvalue weighted by Crippen LogP contribution is -2.47. The van der Waals surface area contributed by atoms with Crippen LogP contribution in [0.25, 0.3) is 0 Å². The molecule has 0 atom stereocenters. The maximum absolute atomic E-state index is 12.4. The number of carbonyl (C=O) groups is 2. The second kappa shape index (κ2) is 9.13. The van der Waals surface area contributed by atoms with Crippen molar-refractivity contribution in [3.05, 3.63) is 0 Å². The Labute approximate surface area is 137 Å². The minimum atomic E-state index is -0.380. The van der Waals surface area contributed by atoms with Gasteiger partial charge in [-0.1, -0.05) is 38.5 Å². The first kappa shape index (κ1) is 17.3. The number of hydrogen-bond donors (Lipinski definition) is 2. The highest BCUT2D eigenvalue weighted by atomic mass is 35.5. The number of hydrogen-bond acceptors (Lipinski definition) is 3. The molecule has 0 aromatic heterocycles. The highest BCUT2D eigenvalue weighted by Crippen LogP contribution is 2.20. The third kappa shape index (κ3) is 5.59. The van der Waals surface area contributed by atoms with Crippen LogP contribution in [0.5, 0.6) is 0 Å². The van der Waals surface area contributed by atoms with Crippen molar-refractivity contribution in [2.75, 3.05) is 5.88 Å². The molecule has 22 heavy (non-hydrogen) atoms. The average Bonchev–Trinajstić information content (AvgIpc) is 2.56. The molecule has 0 unspecified atom stereocenters. The number of amidine groups is 1. The van der Waals surface area contributed by atoms with E-state index in [9.17, 15) is 9.59 Å². The summed E-state index contributed by atoms with van der Waals surface area (Å²) in [5, 5.41) is 5.58. The summed E-state index contributed by atoms with van der Waals surface area (Å²) in [6.45, 7) is 0. The lowest BCUT2D eigenvalue weighted by Gasteiger charge is -2.24. The lowest BCUT2D eigenvalue weighted by atomic mass is 9.95. The Hall–Kier alpha value is -1.10. The van der Waals surface area contributed by atoms with Crippen molar-refractivity contribution in [3.63, 3.8) is 0 Å². The van der Waals surface area contributed by atoms with Crippen LogP contribution in [0.4, 0.5) is 0 Å². The molecule has 2 rings (SSSR count). The summed E-state index contributed by atoms with van der Waals surface area (Å²) in [4.78, 5) is 28.5. The summed E-state index contributed by atoms with van der Waals surface area (Å²) in [7, 11) is 0. The molecule has 2 aliphatic carbocycles. The zero-order valence-corrected chi connectivity index (χ0v) is 13.8. The fourth-order valence-electron chi connectivity index (χ4n) is 3.21. The Morgan fingerprint density at radius 3 is 2.14 bits per heavy atom. The topological polar surface area (TPSA) is 70.6 Å². The van der Waals surface area contributed by atoms with Gasteiger partial charge in [0.2, 0.25) is 5.91 Å². The van der Waals surface area contributed by atoms with Crippen LogP contribution < -0.4 is 10.6 Å². The van der Waals surface area contributed by atoms with E-state index >= 15 is 0 Å². The summed E-state index contributed by atoms with van der Waals surface area (Å²) < 4.78 is 0. The van der Waals surface area contributed by atoms with Gasteiger partial charge >= 0.3 is 0 Å². The van der Waals surface area contributed by atoms with Crippen LogP contribution in [-0.4, -0.2) is 35.6 Å². The van der Waals surface area contributed by atoms with Crippen LogP contribution in [0.2, 0.25) is 0 Å². The van der Waals surface area contributed by atoms with Crippen LogP contribution in [0.3, 0.4) is 0 Å². The van der Waals surface area contributed by atoms with Crippen molar-refractivity contribution < 1.29 is 9.59 Å². The summed E-state index contributed by atoms with van der Waals surface area (Å²) >= 11 is 5.54. The lowest BCUT2D eigenvalue weighted by molar-refractivity contribution is -0.120. The Morgan fingerprint density at radius 2 is 1.55 bits per heavy atom. The van der Waals surface area contributed by atoms with E-state index in [0.29, 0.717) is 0 Å². The van der Waals surface area contributed by atoms with Gasteiger partial charge in [-0.25, -0.2) is 0 Å². The van der Waals surface area contributed by atoms with Crippen molar-refractivity contribution >= 4 is 29.3 Å². The number of alkyl halides is 1. The second-order valence-electron chi connectivity index (χ2n) is 6.26. The van der Waals surface area contributed by atoms with Gasteiger partial charge in [0.1, 0.15) is 5.88 Å². The molecular formula is C16H26ClN3O2. The van der Waals surface area contributed by atoms with E-state index in [2.05, 4.69) is 15.6 Å². The first-order valence-electron chi connectivity index (χ1n) is 8.43. The monoisotopic (exact) mass is 327 g/mol. The molecule has 6 heteroatoms. The molecule has 0 aromatic carbocycles. The molecule has 2 aliphatic rings.